The highest BCUT2D eigenvalue weighted by molar-refractivity contribution is 6.30. The number of ether oxygens (including phenoxy) is 1. The number of hydrogen-bond donors (Lipinski definition) is 2. The van der Waals surface area contributed by atoms with E-state index in [1.807, 2.05) is 0 Å². The number of anilines is 1. The number of nitrogens with zero attached hydrogens (tertiary/aromatic N) is 1. The van der Waals surface area contributed by atoms with Crippen LogP contribution in [-0.2, 0) is 4.74 Å². The Hall–Kier alpha value is -1.37. The third-order valence-corrected chi connectivity index (χ3v) is 3.23. The van der Waals surface area contributed by atoms with E-state index in [1.54, 1.807) is 0 Å². The van der Waals surface area contributed by atoms with Gasteiger partial charge in [-0.3, -0.25) is 4.90 Å². The molecule has 2 amide bonds. The summed E-state index contributed by atoms with van der Waals surface area (Å²) in [4.78, 5) is 13.8. The van der Waals surface area contributed by atoms with Crippen LogP contribution in [0.4, 0.5) is 14.9 Å². The van der Waals surface area contributed by atoms with Gasteiger partial charge in [0.25, 0.3) is 0 Å². The monoisotopic (exact) mass is 301 g/mol. The molecule has 2 rings (SSSR count). The summed E-state index contributed by atoms with van der Waals surface area (Å²) < 4.78 is 18.7. The number of halogens is 2. The third-order valence-electron chi connectivity index (χ3n) is 2.99. The highest BCUT2D eigenvalue weighted by Gasteiger charge is 2.11. The van der Waals surface area contributed by atoms with Crippen LogP contribution in [0.5, 0.6) is 0 Å². The second-order valence-corrected chi connectivity index (χ2v) is 4.90. The zero-order valence-electron chi connectivity index (χ0n) is 11.0. The van der Waals surface area contributed by atoms with Gasteiger partial charge >= 0.3 is 6.03 Å². The first-order chi connectivity index (χ1) is 9.65. The van der Waals surface area contributed by atoms with E-state index in [-0.39, 0.29) is 5.69 Å². The molecule has 0 saturated carbocycles. The van der Waals surface area contributed by atoms with Gasteiger partial charge in [0.15, 0.2) is 0 Å². The maximum atomic E-state index is 13.4. The van der Waals surface area contributed by atoms with Crippen molar-refractivity contribution in [3.8, 4) is 0 Å². The van der Waals surface area contributed by atoms with Crippen molar-refractivity contribution >= 4 is 23.3 Å². The largest absolute Gasteiger partial charge is 0.379 e. The van der Waals surface area contributed by atoms with Crippen LogP contribution in [0, 0.1) is 5.82 Å². The van der Waals surface area contributed by atoms with Crippen LogP contribution < -0.4 is 10.6 Å². The number of urea groups is 1. The van der Waals surface area contributed by atoms with Crippen molar-refractivity contribution < 1.29 is 13.9 Å². The summed E-state index contributed by atoms with van der Waals surface area (Å²) >= 11 is 5.75. The topological polar surface area (TPSA) is 53.6 Å². The molecule has 1 aromatic rings. The minimum atomic E-state index is -0.516. The molecule has 1 aliphatic rings. The highest BCUT2D eigenvalue weighted by Crippen LogP contribution is 2.19. The van der Waals surface area contributed by atoms with Crippen LogP contribution in [0.15, 0.2) is 18.2 Å². The third kappa shape index (κ3) is 4.63. The Labute approximate surface area is 122 Å². The summed E-state index contributed by atoms with van der Waals surface area (Å²) in [6, 6.07) is 3.57. The molecule has 0 radical (unpaired) electrons. The van der Waals surface area contributed by atoms with Gasteiger partial charge in [-0.1, -0.05) is 11.6 Å². The van der Waals surface area contributed by atoms with Gasteiger partial charge in [0.1, 0.15) is 5.82 Å². The molecule has 1 fully saturated rings. The second kappa shape index (κ2) is 7.42. The van der Waals surface area contributed by atoms with Crippen molar-refractivity contribution in [1.29, 1.82) is 0 Å². The molecule has 2 N–H and O–H groups in total. The molecule has 5 nitrogen and oxygen atoms in total. The van der Waals surface area contributed by atoms with Crippen molar-refractivity contribution in [2.24, 2.45) is 0 Å². The summed E-state index contributed by atoms with van der Waals surface area (Å²) in [5.41, 5.74) is 0.0707. The number of hydrogen-bond acceptors (Lipinski definition) is 3. The molecule has 0 atom stereocenters. The standard InChI is InChI=1S/C13H17ClFN3O2/c14-10-1-2-11(15)12(9-10)17-13(19)16-3-4-18-5-7-20-8-6-18/h1-2,9H,3-8H2,(H2,16,17,19). The lowest BCUT2D eigenvalue weighted by Gasteiger charge is -2.26. The average Bonchev–Trinajstić information content (AvgIpc) is 2.44. The van der Waals surface area contributed by atoms with Gasteiger partial charge in [0.2, 0.25) is 0 Å². The molecular formula is C13H17ClFN3O2. The first-order valence-corrected chi connectivity index (χ1v) is 6.83. The molecule has 0 aromatic heterocycles. The second-order valence-electron chi connectivity index (χ2n) is 4.46. The maximum absolute atomic E-state index is 13.4. The molecule has 0 spiro atoms. The minimum Gasteiger partial charge on any atom is -0.379 e. The number of carbonyl (C=O) groups is 1. The lowest BCUT2D eigenvalue weighted by Crippen LogP contribution is -2.42. The molecular weight excluding hydrogens is 285 g/mol. The SMILES string of the molecule is O=C(NCCN1CCOCC1)Nc1cc(Cl)ccc1F. The number of benzene rings is 1. The van der Waals surface area contributed by atoms with Gasteiger partial charge in [0.05, 0.1) is 18.9 Å². The first kappa shape index (κ1) is 15.0. The van der Waals surface area contributed by atoms with Crippen LogP contribution in [0.25, 0.3) is 0 Å². The van der Waals surface area contributed by atoms with Crippen molar-refractivity contribution in [3.05, 3.63) is 29.0 Å². The Morgan fingerprint density at radius 2 is 2.15 bits per heavy atom. The fourth-order valence-electron chi connectivity index (χ4n) is 1.91. The minimum absolute atomic E-state index is 0.0707. The fourth-order valence-corrected chi connectivity index (χ4v) is 2.08. The van der Waals surface area contributed by atoms with E-state index in [9.17, 15) is 9.18 Å². The first-order valence-electron chi connectivity index (χ1n) is 6.45. The van der Waals surface area contributed by atoms with Crippen molar-refractivity contribution in [2.75, 3.05) is 44.7 Å². The van der Waals surface area contributed by atoms with E-state index in [0.29, 0.717) is 11.6 Å². The number of carbonyl (C=O) groups excluding carboxylic acids is 1. The Kier molecular flexibility index (Phi) is 5.58. The van der Waals surface area contributed by atoms with E-state index >= 15 is 0 Å². The molecule has 0 aliphatic carbocycles. The Morgan fingerprint density at radius 1 is 1.40 bits per heavy atom. The van der Waals surface area contributed by atoms with E-state index in [2.05, 4.69) is 15.5 Å². The van der Waals surface area contributed by atoms with Gasteiger partial charge in [-0.2, -0.15) is 0 Å². The van der Waals surface area contributed by atoms with E-state index in [1.165, 1.54) is 18.2 Å². The summed E-state index contributed by atoms with van der Waals surface area (Å²) in [6.07, 6.45) is 0. The van der Waals surface area contributed by atoms with Gasteiger partial charge < -0.3 is 15.4 Å². The summed E-state index contributed by atoms with van der Waals surface area (Å²) in [5.74, 6) is -0.516. The fraction of sp³-hybridized carbons (Fsp3) is 0.462. The van der Waals surface area contributed by atoms with Gasteiger partial charge in [-0.15, -0.1) is 0 Å². The summed E-state index contributed by atoms with van der Waals surface area (Å²) in [7, 11) is 0. The lowest BCUT2D eigenvalue weighted by atomic mass is 10.3. The molecule has 1 heterocycles. The molecule has 0 unspecified atom stereocenters. The van der Waals surface area contributed by atoms with E-state index < -0.39 is 11.8 Å². The number of amides is 2. The van der Waals surface area contributed by atoms with Crippen LogP contribution in [0.3, 0.4) is 0 Å². The smallest absolute Gasteiger partial charge is 0.319 e. The quantitative estimate of drug-likeness (QED) is 0.893. The summed E-state index contributed by atoms with van der Waals surface area (Å²) in [6.45, 7) is 4.42. The van der Waals surface area contributed by atoms with E-state index in [4.69, 9.17) is 16.3 Å². The van der Waals surface area contributed by atoms with Crippen LogP contribution in [0.1, 0.15) is 0 Å². The molecule has 0 bridgehead atoms. The van der Waals surface area contributed by atoms with Crippen molar-refractivity contribution in [3.63, 3.8) is 0 Å². The number of rotatable bonds is 4. The van der Waals surface area contributed by atoms with Crippen molar-refractivity contribution in [2.45, 2.75) is 0 Å². The predicted octanol–water partition coefficient (Wildman–Crippen LogP) is 1.93. The lowest BCUT2D eigenvalue weighted by molar-refractivity contribution is 0.0388. The summed E-state index contributed by atoms with van der Waals surface area (Å²) in [5, 5.41) is 5.49. The number of morpholine rings is 1. The molecule has 7 heteroatoms. The van der Waals surface area contributed by atoms with Gasteiger partial charge in [-0.05, 0) is 18.2 Å². The molecule has 110 valence electrons. The molecule has 20 heavy (non-hydrogen) atoms. The normalized spacial score (nSPS) is 15.9. The Morgan fingerprint density at radius 3 is 2.90 bits per heavy atom. The van der Waals surface area contributed by atoms with Crippen LogP contribution in [-0.4, -0.2) is 50.3 Å². The zero-order chi connectivity index (χ0) is 14.4. The average molecular weight is 302 g/mol. The predicted molar refractivity (Wildman–Crippen MR) is 75.7 cm³/mol. The Bertz CT molecular complexity index is 467. The highest BCUT2D eigenvalue weighted by atomic mass is 35.5. The van der Waals surface area contributed by atoms with Crippen LogP contribution >= 0.6 is 11.6 Å². The maximum Gasteiger partial charge on any atom is 0.319 e. The molecule has 1 aliphatic heterocycles. The van der Waals surface area contributed by atoms with Crippen molar-refractivity contribution in [1.82, 2.24) is 10.2 Å². The van der Waals surface area contributed by atoms with Crippen LogP contribution in [0.2, 0.25) is 5.02 Å². The van der Waals surface area contributed by atoms with Gasteiger partial charge in [-0.25, -0.2) is 9.18 Å². The van der Waals surface area contributed by atoms with E-state index in [0.717, 1.165) is 32.8 Å². The number of nitrogens with one attached hydrogen (secondary N) is 2. The molecule has 1 aromatic carbocycles. The molecule has 1 saturated heterocycles. The van der Waals surface area contributed by atoms with Gasteiger partial charge in [0, 0.05) is 31.2 Å². The Balaban J connectivity index is 1.73. The zero-order valence-corrected chi connectivity index (χ0v) is 11.8.